The first-order chi connectivity index (χ1) is 19.1. The maximum absolute atomic E-state index is 13.5. The second-order valence-electron chi connectivity index (χ2n) is 8.45. The van der Waals surface area contributed by atoms with Gasteiger partial charge in [0.1, 0.15) is 11.0 Å². The molecule has 7 nitrogen and oxygen atoms in total. The Labute approximate surface area is 234 Å². The average Bonchev–Trinajstić information content (AvgIpc) is 3.35. The van der Waals surface area contributed by atoms with Gasteiger partial charge in [-0.2, -0.15) is 0 Å². The molecule has 0 saturated carbocycles. The van der Waals surface area contributed by atoms with Crippen molar-refractivity contribution in [3.8, 4) is 5.75 Å². The Kier molecular flexibility index (Phi) is 8.40. The van der Waals surface area contributed by atoms with Gasteiger partial charge in [0.05, 0.1) is 16.8 Å². The number of hydrogen-bond donors (Lipinski definition) is 3. The van der Waals surface area contributed by atoms with E-state index in [2.05, 4.69) is 20.9 Å². The predicted molar refractivity (Wildman–Crippen MR) is 160 cm³/mol. The number of anilines is 3. The van der Waals surface area contributed by atoms with E-state index in [4.69, 9.17) is 4.74 Å². The van der Waals surface area contributed by atoms with Crippen molar-refractivity contribution in [3.05, 3.63) is 109 Å². The lowest BCUT2D eigenvalue weighted by Crippen LogP contribution is -2.19. The minimum Gasteiger partial charge on any atom is -0.494 e. The van der Waals surface area contributed by atoms with E-state index in [0.717, 1.165) is 26.4 Å². The third kappa shape index (κ3) is 6.95. The predicted octanol–water partition coefficient (Wildman–Crippen LogP) is 7.81. The molecule has 4 aromatic carbocycles. The fourth-order valence-corrected chi connectivity index (χ4v) is 5.78. The molecule has 0 aliphatic carbocycles. The smallest absolute Gasteiger partial charge is 0.323 e. The molecule has 0 aliphatic heterocycles. The van der Waals surface area contributed by atoms with Gasteiger partial charge in [0, 0.05) is 16.3 Å². The number of thioether (sulfide) groups is 1. The average molecular weight is 555 g/mol. The number of thiazole rings is 1. The summed E-state index contributed by atoms with van der Waals surface area (Å²) in [7, 11) is 0. The summed E-state index contributed by atoms with van der Waals surface area (Å²) in [5.74, 6) is 0.611. The van der Waals surface area contributed by atoms with Crippen LogP contribution >= 0.6 is 23.1 Å². The molecule has 0 fully saturated rings. The van der Waals surface area contributed by atoms with Crippen LogP contribution in [0.25, 0.3) is 10.2 Å². The van der Waals surface area contributed by atoms with Crippen molar-refractivity contribution in [2.24, 2.45) is 0 Å². The number of hydrogen-bond acceptors (Lipinski definition) is 6. The largest absolute Gasteiger partial charge is 0.494 e. The zero-order valence-electron chi connectivity index (χ0n) is 21.1. The maximum Gasteiger partial charge on any atom is 0.323 e. The van der Waals surface area contributed by atoms with Gasteiger partial charge < -0.3 is 20.7 Å². The highest BCUT2D eigenvalue weighted by atomic mass is 32.2. The number of aromatic nitrogens is 1. The Bertz CT molecular complexity index is 1560. The summed E-state index contributed by atoms with van der Waals surface area (Å²) in [4.78, 5) is 31.3. The lowest BCUT2D eigenvalue weighted by atomic mass is 10.1. The molecule has 0 spiro atoms. The summed E-state index contributed by atoms with van der Waals surface area (Å²) in [5, 5.41) is 8.66. The summed E-state index contributed by atoms with van der Waals surface area (Å²) in [6.07, 6.45) is 0. The maximum atomic E-state index is 13.5. The molecule has 3 amide bonds. The van der Waals surface area contributed by atoms with Crippen molar-refractivity contribution >= 4 is 61.8 Å². The van der Waals surface area contributed by atoms with E-state index in [1.165, 1.54) is 23.1 Å². The number of para-hydroxylation sites is 1. The van der Waals surface area contributed by atoms with Crippen LogP contribution in [-0.2, 0) is 4.79 Å². The third-order valence-electron chi connectivity index (χ3n) is 5.64. The highest BCUT2D eigenvalue weighted by Crippen LogP contribution is 2.37. The van der Waals surface area contributed by atoms with Crippen molar-refractivity contribution in [2.75, 3.05) is 22.6 Å². The number of carbonyl (C=O) groups excluding carboxylic acids is 2. The van der Waals surface area contributed by atoms with Gasteiger partial charge in [-0.1, -0.05) is 59.9 Å². The molecule has 1 atom stereocenters. The van der Waals surface area contributed by atoms with E-state index < -0.39 is 5.25 Å². The molecule has 9 heteroatoms. The fourth-order valence-electron chi connectivity index (χ4n) is 3.85. The van der Waals surface area contributed by atoms with Crippen LogP contribution in [0, 0.1) is 0 Å². The topological polar surface area (TPSA) is 92.3 Å². The van der Waals surface area contributed by atoms with E-state index in [0.29, 0.717) is 23.1 Å². The van der Waals surface area contributed by atoms with E-state index in [-0.39, 0.29) is 11.9 Å². The number of nitrogens with one attached hydrogen (secondary N) is 3. The molecule has 1 unspecified atom stereocenters. The van der Waals surface area contributed by atoms with E-state index in [1.807, 2.05) is 110 Å². The van der Waals surface area contributed by atoms with Gasteiger partial charge in [0.2, 0.25) is 5.91 Å². The van der Waals surface area contributed by atoms with Gasteiger partial charge in [-0.15, -0.1) is 11.8 Å². The van der Waals surface area contributed by atoms with Crippen LogP contribution in [0.1, 0.15) is 17.7 Å². The number of ether oxygens (including phenoxy) is 1. The molecule has 39 heavy (non-hydrogen) atoms. The number of urea groups is 1. The number of fused-ring (bicyclic) bond motifs is 1. The van der Waals surface area contributed by atoms with E-state index in [1.54, 1.807) is 0 Å². The van der Waals surface area contributed by atoms with Crippen molar-refractivity contribution in [1.82, 2.24) is 4.98 Å². The lowest BCUT2D eigenvalue weighted by Gasteiger charge is -2.16. The number of rotatable bonds is 9. The molecule has 1 heterocycles. The molecule has 5 aromatic rings. The van der Waals surface area contributed by atoms with Crippen LogP contribution in [0.2, 0.25) is 0 Å². The van der Waals surface area contributed by atoms with Crippen molar-refractivity contribution in [2.45, 2.75) is 17.1 Å². The van der Waals surface area contributed by atoms with Gasteiger partial charge >= 0.3 is 6.03 Å². The highest BCUT2D eigenvalue weighted by molar-refractivity contribution is 8.00. The number of nitrogens with zero attached hydrogens (tertiary/aromatic N) is 1. The molecular weight excluding hydrogens is 528 g/mol. The SMILES string of the molecule is CCOc1ccc2nc(NC(=O)C(Sc3ccc(NC(=O)Nc4ccccc4)cc3)c3ccccc3)sc2c1. The van der Waals surface area contributed by atoms with Gasteiger partial charge in [-0.05, 0) is 67.1 Å². The highest BCUT2D eigenvalue weighted by Gasteiger charge is 2.23. The summed E-state index contributed by atoms with van der Waals surface area (Å²) >= 11 is 2.85. The Hall–Kier alpha value is -4.34. The second kappa shape index (κ2) is 12.5. The number of amides is 3. The zero-order valence-corrected chi connectivity index (χ0v) is 22.7. The van der Waals surface area contributed by atoms with Gasteiger partial charge in [-0.3, -0.25) is 4.79 Å². The van der Waals surface area contributed by atoms with Crippen molar-refractivity contribution < 1.29 is 14.3 Å². The van der Waals surface area contributed by atoms with Crippen LogP contribution in [0.3, 0.4) is 0 Å². The first-order valence-corrected chi connectivity index (χ1v) is 14.1. The number of carbonyl (C=O) groups is 2. The quantitative estimate of drug-likeness (QED) is 0.162. The molecule has 3 N–H and O–H groups in total. The Balaban J connectivity index is 1.28. The first kappa shape index (κ1) is 26.3. The normalized spacial score (nSPS) is 11.5. The Morgan fingerprint density at radius 3 is 2.21 bits per heavy atom. The Morgan fingerprint density at radius 1 is 0.846 bits per heavy atom. The first-order valence-electron chi connectivity index (χ1n) is 12.4. The molecule has 5 rings (SSSR count). The van der Waals surface area contributed by atoms with Crippen LogP contribution in [0.5, 0.6) is 5.75 Å². The van der Waals surface area contributed by atoms with E-state index in [9.17, 15) is 9.59 Å². The molecule has 0 radical (unpaired) electrons. The van der Waals surface area contributed by atoms with Crippen LogP contribution in [0.15, 0.2) is 108 Å². The summed E-state index contributed by atoms with van der Waals surface area (Å²) in [6.45, 7) is 2.53. The lowest BCUT2D eigenvalue weighted by molar-refractivity contribution is -0.115. The van der Waals surface area contributed by atoms with Crippen LogP contribution in [-0.4, -0.2) is 23.5 Å². The molecular formula is C30H26N4O3S2. The minimum atomic E-state index is -0.502. The summed E-state index contributed by atoms with van der Waals surface area (Å²) < 4.78 is 6.53. The minimum absolute atomic E-state index is 0.167. The zero-order chi connectivity index (χ0) is 27.0. The van der Waals surface area contributed by atoms with Gasteiger partial charge in [-0.25, -0.2) is 9.78 Å². The van der Waals surface area contributed by atoms with Gasteiger partial charge in [0.15, 0.2) is 5.13 Å². The third-order valence-corrected chi connectivity index (χ3v) is 7.84. The van der Waals surface area contributed by atoms with Crippen LogP contribution < -0.4 is 20.7 Å². The van der Waals surface area contributed by atoms with Crippen LogP contribution in [0.4, 0.5) is 21.3 Å². The molecule has 0 saturated heterocycles. The van der Waals surface area contributed by atoms with Gasteiger partial charge in [0.25, 0.3) is 0 Å². The fraction of sp³-hybridized carbons (Fsp3) is 0.100. The molecule has 0 bridgehead atoms. The molecule has 1 aromatic heterocycles. The second-order valence-corrected chi connectivity index (χ2v) is 10.7. The van der Waals surface area contributed by atoms with Crippen molar-refractivity contribution in [1.29, 1.82) is 0 Å². The van der Waals surface area contributed by atoms with E-state index >= 15 is 0 Å². The summed E-state index contributed by atoms with van der Waals surface area (Å²) in [5.41, 5.74) is 3.04. The summed E-state index contributed by atoms with van der Waals surface area (Å²) in [6, 6.07) is 31.7. The Morgan fingerprint density at radius 2 is 1.51 bits per heavy atom. The molecule has 0 aliphatic rings. The van der Waals surface area contributed by atoms with Crippen molar-refractivity contribution in [3.63, 3.8) is 0 Å². The monoisotopic (exact) mass is 554 g/mol. The molecule has 196 valence electrons. The standard InChI is InChI=1S/C30H26N4O3S2/c1-2-37-23-15-18-25-26(19-23)39-30(33-25)34-28(35)27(20-9-5-3-6-10-20)38-24-16-13-22(14-17-24)32-29(36)31-21-11-7-4-8-12-21/h3-19,27H,2H2,1H3,(H2,31,32,36)(H,33,34,35). The number of benzene rings is 4.